The largest absolute Gasteiger partial charge is 0.457 e. The summed E-state index contributed by atoms with van der Waals surface area (Å²) in [6, 6.07) is 18.2. The smallest absolute Gasteiger partial charge is 0.141 e. The van der Waals surface area contributed by atoms with E-state index in [-0.39, 0.29) is 0 Å². The summed E-state index contributed by atoms with van der Waals surface area (Å²) in [5.41, 5.74) is 5.99. The van der Waals surface area contributed by atoms with Crippen LogP contribution in [0.3, 0.4) is 0 Å². The second-order valence-corrected chi connectivity index (χ2v) is 9.37. The van der Waals surface area contributed by atoms with Gasteiger partial charge in [-0.2, -0.15) is 0 Å². The first-order valence-electron chi connectivity index (χ1n) is 11.2. The van der Waals surface area contributed by atoms with E-state index < -0.39 is 0 Å². The Morgan fingerprint density at radius 3 is 2.74 bits per heavy atom. The zero-order valence-corrected chi connectivity index (χ0v) is 20.1. The van der Waals surface area contributed by atoms with Crippen LogP contribution >= 0.6 is 11.3 Å². The second-order valence-electron chi connectivity index (χ2n) is 8.39. The Hall–Kier alpha value is -4.30. The summed E-state index contributed by atoms with van der Waals surface area (Å²) in [6.07, 6.45) is 6.02. The molecule has 172 valence electrons. The minimum absolute atomic E-state index is 0.759. The predicted octanol–water partition coefficient (Wildman–Crippen LogP) is 6.41. The molecule has 7 nitrogen and oxygen atoms in total. The Balaban J connectivity index is 1.25. The van der Waals surface area contributed by atoms with E-state index >= 15 is 0 Å². The highest BCUT2D eigenvalue weighted by Crippen LogP contribution is 2.31. The van der Waals surface area contributed by atoms with Gasteiger partial charge in [0.25, 0.3) is 0 Å². The van der Waals surface area contributed by atoms with Crippen LogP contribution in [0.4, 0.5) is 11.5 Å². The minimum atomic E-state index is 0.759. The molecule has 0 bridgehead atoms. The van der Waals surface area contributed by atoms with Crippen molar-refractivity contribution in [3.63, 3.8) is 0 Å². The van der Waals surface area contributed by atoms with Gasteiger partial charge in [-0.05, 0) is 60.5 Å². The Labute approximate surface area is 206 Å². The van der Waals surface area contributed by atoms with Crippen molar-refractivity contribution in [2.75, 3.05) is 5.32 Å². The van der Waals surface area contributed by atoms with Crippen LogP contribution < -0.4 is 10.1 Å². The summed E-state index contributed by atoms with van der Waals surface area (Å²) in [7, 11) is 1.98. The lowest BCUT2D eigenvalue weighted by molar-refractivity contribution is 0.479. The van der Waals surface area contributed by atoms with Gasteiger partial charge in [0, 0.05) is 42.2 Å². The lowest BCUT2D eigenvalue weighted by atomic mass is 10.1. The monoisotopic (exact) mass is 478 g/mol. The van der Waals surface area contributed by atoms with Gasteiger partial charge in [0.1, 0.15) is 23.6 Å². The average Bonchev–Trinajstić information content (AvgIpc) is 3.51. The molecule has 0 spiro atoms. The van der Waals surface area contributed by atoms with Gasteiger partial charge in [-0.15, -0.1) is 11.3 Å². The molecule has 8 heteroatoms. The van der Waals surface area contributed by atoms with E-state index in [1.807, 2.05) is 66.5 Å². The molecule has 0 saturated heterocycles. The lowest BCUT2D eigenvalue weighted by Crippen LogP contribution is -1.98. The number of hydrogen-bond acceptors (Lipinski definition) is 7. The van der Waals surface area contributed by atoms with Crippen LogP contribution in [0.25, 0.3) is 21.9 Å². The number of nitrogens with zero attached hydrogens (tertiary/aromatic N) is 5. The molecule has 0 radical (unpaired) electrons. The predicted molar refractivity (Wildman–Crippen MR) is 140 cm³/mol. The average molecular weight is 479 g/mol. The molecular weight excluding hydrogens is 456 g/mol. The molecule has 0 fully saturated rings. The molecule has 1 N–H and O–H groups in total. The van der Waals surface area contributed by atoms with Crippen molar-refractivity contribution in [2.45, 2.75) is 13.3 Å². The maximum Gasteiger partial charge on any atom is 0.141 e. The highest BCUT2D eigenvalue weighted by Gasteiger charge is 2.10. The number of anilines is 2. The summed E-state index contributed by atoms with van der Waals surface area (Å²) in [5, 5.41) is 7.52. The third-order valence-corrected chi connectivity index (χ3v) is 6.68. The van der Waals surface area contributed by atoms with Gasteiger partial charge in [0.05, 0.1) is 27.9 Å². The molecule has 0 saturated carbocycles. The normalized spacial score (nSPS) is 11.3. The standard InChI is InChI=1S/C27H22N6OS/c1-17-11-19(4-8-25(17)34-20-5-7-24-23(14-20)31-16-33(24)2)32-27-21-12-18(13-26-28-9-10-35-26)3-6-22(21)29-15-30-27/h3-12,14-16H,13H2,1-2H3,(H,29,30,32). The zero-order valence-electron chi connectivity index (χ0n) is 19.3. The van der Waals surface area contributed by atoms with Crippen LogP contribution in [-0.2, 0) is 13.5 Å². The van der Waals surface area contributed by atoms with Gasteiger partial charge in [-0.25, -0.2) is 19.9 Å². The fourth-order valence-electron chi connectivity index (χ4n) is 4.11. The molecule has 3 aromatic carbocycles. The first kappa shape index (κ1) is 21.2. The van der Waals surface area contributed by atoms with Gasteiger partial charge in [0.15, 0.2) is 0 Å². The summed E-state index contributed by atoms with van der Waals surface area (Å²) in [6.45, 7) is 2.03. The molecule has 6 rings (SSSR count). The quantitative estimate of drug-likeness (QED) is 0.298. The number of aromatic nitrogens is 5. The number of ether oxygens (including phenoxy) is 1. The van der Waals surface area contributed by atoms with Gasteiger partial charge >= 0.3 is 0 Å². The maximum atomic E-state index is 6.16. The van der Waals surface area contributed by atoms with Gasteiger partial charge < -0.3 is 14.6 Å². The van der Waals surface area contributed by atoms with E-state index in [2.05, 4.69) is 43.5 Å². The van der Waals surface area contributed by atoms with Gasteiger partial charge in [-0.1, -0.05) is 6.07 Å². The summed E-state index contributed by atoms with van der Waals surface area (Å²) >= 11 is 1.66. The van der Waals surface area contributed by atoms with Crippen molar-refractivity contribution < 1.29 is 4.74 Å². The van der Waals surface area contributed by atoms with Crippen molar-refractivity contribution in [2.24, 2.45) is 7.05 Å². The van der Waals surface area contributed by atoms with Crippen LogP contribution in [0.1, 0.15) is 16.1 Å². The molecule has 0 aliphatic rings. The molecule has 6 aromatic rings. The third kappa shape index (κ3) is 4.31. The Morgan fingerprint density at radius 2 is 1.89 bits per heavy atom. The number of nitrogens with one attached hydrogen (secondary N) is 1. The third-order valence-electron chi connectivity index (χ3n) is 5.90. The Morgan fingerprint density at radius 1 is 0.943 bits per heavy atom. The maximum absolute atomic E-state index is 6.16. The zero-order chi connectivity index (χ0) is 23.8. The Kier molecular flexibility index (Phi) is 5.35. The van der Waals surface area contributed by atoms with Crippen LogP contribution in [0.2, 0.25) is 0 Å². The lowest BCUT2D eigenvalue weighted by Gasteiger charge is -2.13. The number of fused-ring (bicyclic) bond motifs is 2. The molecule has 0 atom stereocenters. The minimum Gasteiger partial charge on any atom is -0.457 e. The van der Waals surface area contributed by atoms with Crippen molar-refractivity contribution in [3.05, 3.63) is 95.0 Å². The van der Waals surface area contributed by atoms with Gasteiger partial charge in [0.2, 0.25) is 0 Å². The van der Waals surface area contributed by atoms with Crippen molar-refractivity contribution >= 4 is 44.8 Å². The van der Waals surface area contributed by atoms with Gasteiger partial charge in [-0.3, -0.25) is 0 Å². The summed E-state index contributed by atoms with van der Waals surface area (Å²) in [4.78, 5) is 17.8. The van der Waals surface area contributed by atoms with Crippen molar-refractivity contribution in [1.82, 2.24) is 24.5 Å². The first-order valence-corrected chi connectivity index (χ1v) is 12.1. The van der Waals surface area contributed by atoms with E-state index in [1.165, 1.54) is 5.56 Å². The Bertz CT molecular complexity index is 1660. The summed E-state index contributed by atoms with van der Waals surface area (Å²) in [5.74, 6) is 2.32. The van der Waals surface area contributed by atoms with Crippen LogP contribution in [0.5, 0.6) is 11.5 Å². The molecule has 0 unspecified atom stereocenters. The highest BCUT2D eigenvalue weighted by molar-refractivity contribution is 7.09. The SMILES string of the molecule is Cc1cc(Nc2ncnc3ccc(Cc4nccs4)cc23)ccc1Oc1ccc2c(c1)ncn2C. The highest BCUT2D eigenvalue weighted by atomic mass is 32.1. The molecule has 0 aliphatic heterocycles. The fourth-order valence-corrected chi connectivity index (χ4v) is 4.76. The van der Waals surface area contributed by atoms with Crippen LogP contribution in [-0.4, -0.2) is 24.5 Å². The molecule has 35 heavy (non-hydrogen) atoms. The molecule has 3 aromatic heterocycles. The molecule has 3 heterocycles. The van der Waals surface area contributed by atoms with E-state index in [9.17, 15) is 0 Å². The fraction of sp³-hybridized carbons (Fsp3) is 0.111. The second kappa shape index (κ2) is 8.81. The number of thiazole rings is 1. The van der Waals surface area contributed by atoms with E-state index in [1.54, 1.807) is 24.0 Å². The number of hydrogen-bond donors (Lipinski definition) is 1. The van der Waals surface area contributed by atoms with E-state index in [0.29, 0.717) is 0 Å². The number of aryl methyl sites for hydroxylation is 2. The molecular formula is C27H22N6OS. The molecule has 0 amide bonds. The summed E-state index contributed by atoms with van der Waals surface area (Å²) < 4.78 is 8.15. The number of imidazole rings is 1. The van der Waals surface area contributed by atoms with Crippen LogP contribution in [0, 0.1) is 6.92 Å². The van der Waals surface area contributed by atoms with E-state index in [4.69, 9.17) is 4.74 Å². The molecule has 0 aliphatic carbocycles. The first-order chi connectivity index (χ1) is 17.1. The van der Waals surface area contributed by atoms with Crippen molar-refractivity contribution in [3.8, 4) is 11.5 Å². The number of benzene rings is 3. The topological polar surface area (TPSA) is 77.8 Å². The van der Waals surface area contributed by atoms with Crippen molar-refractivity contribution in [1.29, 1.82) is 0 Å². The van der Waals surface area contributed by atoms with E-state index in [0.717, 1.165) is 61.9 Å². The number of rotatable bonds is 6. The van der Waals surface area contributed by atoms with Crippen LogP contribution in [0.15, 0.2) is 78.8 Å².